The van der Waals surface area contributed by atoms with Crippen molar-refractivity contribution in [3.05, 3.63) is 0 Å². The molecule has 1 saturated carbocycles. The minimum absolute atomic E-state index is 0.146. The molecule has 0 aromatic heterocycles. The molecule has 0 aromatic rings. The van der Waals surface area contributed by atoms with Crippen molar-refractivity contribution in [1.82, 2.24) is 15.1 Å². The van der Waals surface area contributed by atoms with Crippen LogP contribution in [-0.4, -0.2) is 53.6 Å². The summed E-state index contributed by atoms with van der Waals surface area (Å²) >= 11 is 0. The highest BCUT2D eigenvalue weighted by Gasteiger charge is 2.58. The summed E-state index contributed by atoms with van der Waals surface area (Å²) in [6, 6.07) is 0. The molecule has 2 aliphatic heterocycles. The first-order valence-electron chi connectivity index (χ1n) is 8.42. The van der Waals surface area contributed by atoms with Crippen LogP contribution in [0.5, 0.6) is 0 Å². The van der Waals surface area contributed by atoms with Crippen LogP contribution >= 0.6 is 0 Å². The van der Waals surface area contributed by atoms with E-state index in [2.05, 4.69) is 29.0 Å². The lowest BCUT2D eigenvalue weighted by atomic mass is 10.1. The molecule has 4 nitrogen and oxygen atoms in total. The van der Waals surface area contributed by atoms with Crippen LogP contribution in [0.2, 0.25) is 0 Å². The van der Waals surface area contributed by atoms with Crippen molar-refractivity contribution in [1.29, 1.82) is 0 Å². The van der Waals surface area contributed by atoms with Gasteiger partial charge in [0.2, 0.25) is 5.91 Å². The third-order valence-corrected chi connectivity index (χ3v) is 5.01. The SMILES string of the molecule is CC(C)CC1NC2(CC2)C(=O)N1CCCN1CCCC1. The second kappa shape index (κ2) is 5.64. The molecule has 4 heteroatoms. The molecule has 0 aromatic carbocycles. The van der Waals surface area contributed by atoms with Gasteiger partial charge in [0.15, 0.2) is 0 Å². The zero-order chi connectivity index (χ0) is 14.2. The van der Waals surface area contributed by atoms with Gasteiger partial charge in [-0.3, -0.25) is 10.1 Å². The molecule has 1 atom stereocenters. The largest absolute Gasteiger partial charge is 0.325 e. The highest BCUT2D eigenvalue weighted by molar-refractivity contribution is 5.91. The number of amides is 1. The van der Waals surface area contributed by atoms with E-state index in [1.54, 1.807) is 0 Å². The summed E-state index contributed by atoms with van der Waals surface area (Å²) < 4.78 is 0. The summed E-state index contributed by atoms with van der Waals surface area (Å²) in [5.74, 6) is 1.01. The van der Waals surface area contributed by atoms with Crippen LogP contribution in [0.15, 0.2) is 0 Å². The molecular formula is C16H29N3O. The average molecular weight is 279 g/mol. The Morgan fingerprint density at radius 1 is 1.25 bits per heavy atom. The van der Waals surface area contributed by atoms with Crippen LogP contribution < -0.4 is 5.32 Å². The zero-order valence-electron chi connectivity index (χ0n) is 13.0. The van der Waals surface area contributed by atoms with E-state index in [0.717, 1.165) is 38.8 Å². The molecule has 20 heavy (non-hydrogen) atoms. The van der Waals surface area contributed by atoms with Gasteiger partial charge in [-0.15, -0.1) is 0 Å². The van der Waals surface area contributed by atoms with E-state index in [9.17, 15) is 4.79 Å². The summed E-state index contributed by atoms with van der Waals surface area (Å²) in [7, 11) is 0. The first-order valence-corrected chi connectivity index (χ1v) is 8.42. The van der Waals surface area contributed by atoms with Crippen molar-refractivity contribution in [3.63, 3.8) is 0 Å². The lowest BCUT2D eigenvalue weighted by molar-refractivity contribution is -0.131. The van der Waals surface area contributed by atoms with Crippen LogP contribution in [0.1, 0.15) is 52.4 Å². The highest BCUT2D eigenvalue weighted by Crippen LogP contribution is 2.43. The van der Waals surface area contributed by atoms with E-state index < -0.39 is 0 Å². The first kappa shape index (κ1) is 14.3. The Bertz CT molecular complexity index is 359. The fraction of sp³-hybridized carbons (Fsp3) is 0.938. The quantitative estimate of drug-likeness (QED) is 0.805. The van der Waals surface area contributed by atoms with Gasteiger partial charge in [-0.05, 0) is 64.1 Å². The molecule has 3 rings (SSSR count). The van der Waals surface area contributed by atoms with Crippen LogP contribution in [-0.2, 0) is 4.79 Å². The minimum Gasteiger partial charge on any atom is -0.325 e. The summed E-state index contributed by atoms with van der Waals surface area (Å²) in [6.45, 7) is 9.09. The Kier molecular flexibility index (Phi) is 4.04. The maximum Gasteiger partial charge on any atom is 0.244 e. The lowest BCUT2D eigenvalue weighted by Gasteiger charge is -2.26. The number of hydrogen-bond acceptors (Lipinski definition) is 3. The highest BCUT2D eigenvalue weighted by atomic mass is 16.2. The lowest BCUT2D eigenvalue weighted by Crippen LogP contribution is -2.40. The number of nitrogens with zero attached hydrogens (tertiary/aromatic N) is 2. The molecule has 3 aliphatic rings. The molecule has 0 bridgehead atoms. The molecule has 1 amide bonds. The molecule has 1 unspecified atom stereocenters. The van der Waals surface area contributed by atoms with Gasteiger partial charge in [-0.25, -0.2) is 0 Å². The summed E-state index contributed by atoms with van der Waals surface area (Å²) in [5, 5.41) is 3.61. The number of carbonyl (C=O) groups excluding carboxylic acids is 1. The third-order valence-electron chi connectivity index (χ3n) is 5.01. The number of carbonyl (C=O) groups is 1. The first-order chi connectivity index (χ1) is 9.61. The van der Waals surface area contributed by atoms with E-state index >= 15 is 0 Å². The molecule has 1 N–H and O–H groups in total. The summed E-state index contributed by atoms with van der Waals surface area (Å²) in [5.41, 5.74) is -0.146. The second-order valence-corrected chi connectivity index (χ2v) is 7.27. The van der Waals surface area contributed by atoms with E-state index in [1.165, 1.54) is 25.9 Å². The maximum atomic E-state index is 12.6. The predicted molar refractivity (Wildman–Crippen MR) is 80.3 cm³/mol. The number of nitrogens with one attached hydrogen (secondary N) is 1. The molecule has 114 valence electrons. The van der Waals surface area contributed by atoms with Crippen molar-refractivity contribution in [2.75, 3.05) is 26.2 Å². The topological polar surface area (TPSA) is 35.6 Å². The number of rotatable bonds is 6. The van der Waals surface area contributed by atoms with E-state index in [0.29, 0.717) is 11.8 Å². The number of likely N-dealkylation sites (tertiary alicyclic amines) is 1. The monoisotopic (exact) mass is 279 g/mol. The van der Waals surface area contributed by atoms with Gasteiger partial charge in [0.05, 0.1) is 11.7 Å². The zero-order valence-corrected chi connectivity index (χ0v) is 13.0. The third kappa shape index (κ3) is 2.86. The van der Waals surface area contributed by atoms with Crippen molar-refractivity contribution in [3.8, 4) is 0 Å². The van der Waals surface area contributed by atoms with Gasteiger partial charge < -0.3 is 9.80 Å². The fourth-order valence-corrected chi connectivity index (χ4v) is 3.72. The smallest absolute Gasteiger partial charge is 0.244 e. The van der Waals surface area contributed by atoms with Gasteiger partial charge in [0.1, 0.15) is 0 Å². The standard InChI is InChI=1S/C16H29N3O/c1-13(2)12-14-17-16(6-7-16)15(20)19(14)11-5-10-18-8-3-4-9-18/h13-14,17H,3-12H2,1-2H3. The van der Waals surface area contributed by atoms with Crippen LogP contribution in [0, 0.1) is 5.92 Å². The summed E-state index contributed by atoms with van der Waals surface area (Å²) in [6.07, 6.45) is 7.28. The Hall–Kier alpha value is -0.610. The van der Waals surface area contributed by atoms with Crippen molar-refractivity contribution in [2.45, 2.75) is 64.1 Å². The van der Waals surface area contributed by atoms with Crippen molar-refractivity contribution in [2.24, 2.45) is 5.92 Å². The van der Waals surface area contributed by atoms with Crippen LogP contribution in [0.3, 0.4) is 0 Å². The molecule has 0 radical (unpaired) electrons. The van der Waals surface area contributed by atoms with Crippen molar-refractivity contribution >= 4 is 5.91 Å². The molecular weight excluding hydrogens is 250 g/mol. The van der Waals surface area contributed by atoms with E-state index in [-0.39, 0.29) is 11.7 Å². The Balaban J connectivity index is 1.52. The Labute approximate surface area is 122 Å². The van der Waals surface area contributed by atoms with E-state index in [4.69, 9.17) is 0 Å². The van der Waals surface area contributed by atoms with Gasteiger partial charge in [-0.1, -0.05) is 13.8 Å². The normalized spacial score (nSPS) is 29.1. The molecule has 2 heterocycles. The molecule has 1 aliphatic carbocycles. The molecule has 3 fully saturated rings. The van der Waals surface area contributed by atoms with Crippen LogP contribution in [0.25, 0.3) is 0 Å². The maximum absolute atomic E-state index is 12.6. The van der Waals surface area contributed by atoms with Crippen LogP contribution in [0.4, 0.5) is 0 Å². The van der Waals surface area contributed by atoms with Crippen molar-refractivity contribution < 1.29 is 4.79 Å². The second-order valence-electron chi connectivity index (χ2n) is 7.27. The molecule has 1 spiro atoms. The molecule has 2 saturated heterocycles. The van der Waals surface area contributed by atoms with Gasteiger partial charge in [0, 0.05) is 6.54 Å². The average Bonchev–Trinajstić information content (AvgIpc) is 2.90. The van der Waals surface area contributed by atoms with Gasteiger partial charge >= 0.3 is 0 Å². The predicted octanol–water partition coefficient (Wildman–Crippen LogP) is 1.81. The van der Waals surface area contributed by atoms with Gasteiger partial charge in [0.25, 0.3) is 0 Å². The van der Waals surface area contributed by atoms with Gasteiger partial charge in [-0.2, -0.15) is 0 Å². The fourth-order valence-electron chi connectivity index (χ4n) is 3.72. The number of hydrogen-bond donors (Lipinski definition) is 1. The Morgan fingerprint density at radius 2 is 1.95 bits per heavy atom. The minimum atomic E-state index is -0.146. The Morgan fingerprint density at radius 3 is 2.55 bits per heavy atom. The van der Waals surface area contributed by atoms with E-state index in [1.807, 2.05) is 0 Å². The summed E-state index contributed by atoms with van der Waals surface area (Å²) in [4.78, 5) is 17.2.